The first-order chi connectivity index (χ1) is 10.1. The van der Waals surface area contributed by atoms with E-state index in [-0.39, 0.29) is 0 Å². The second kappa shape index (κ2) is 7.11. The lowest BCUT2D eigenvalue weighted by molar-refractivity contribution is 0.509. The Hall–Kier alpha value is -1.31. The van der Waals surface area contributed by atoms with Gasteiger partial charge in [0.15, 0.2) is 17.5 Å². The van der Waals surface area contributed by atoms with Crippen LogP contribution in [0.2, 0.25) is 0 Å². The number of aryl methyl sites for hydroxylation is 1. The van der Waals surface area contributed by atoms with Gasteiger partial charge in [0.1, 0.15) is 5.82 Å². The van der Waals surface area contributed by atoms with Gasteiger partial charge in [-0.25, -0.2) is 18.7 Å². The molecule has 6 heteroatoms. The minimum absolute atomic E-state index is 0.411. The number of anilines is 1. The van der Waals surface area contributed by atoms with Gasteiger partial charge < -0.3 is 5.32 Å². The Morgan fingerprint density at radius 2 is 1.90 bits per heavy atom. The van der Waals surface area contributed by atoms with Gasteiger partial charge in [-0.05, 0) is 54.1 Å². The van der Waals surface area contributed by atoms with E-state index in [1.807, 2.05) is 6.92 Å². The summed E-state index contributed by atoms with van der Waals surface area (Å²) >= 11 is 2.21. The quantitative estimate of drug-likeness (QED) is 0.752. The average Bonchev–Trinajstić information content (AvgIpc) is 2.46. The molecule has 0 spiro atoms. The van der Waals surface area contributed by atoms with Crippen molar-refractivity contribution in [1.29, 1.82) is 0 Å². The second-order valence-corrected chi connectivity index (χ2v) is 5.64. The molecule has 2 rings (SSSR count). The Morgan fingerprint density at radius 1 is 1.14 bits per heavy atom. The van der Waals surface area contributed by atoms with Crippen molar-refractivity contribution in [1.82, 2.24) is 9.97 Å². The van der Waals surface area contributed by atoms with Gasteiger partial charge in [0, 0.05) is 12.1 Å². The van der Waals surface area contributed by atoms with Gasteiger partial charge in [-0.3, -0.25) is 0 Å². The molecule has 0 aliphatic carbocycles. The van der Waals surface area contributed by atoms with Gasteiger partial charge in [0.05, 0.1) is 9.26 Å². The van der Waals surface area contributed by atoms with E-state index in [1.54, 1.807) is 0 Å². The summed E-state index contributed by atoms with van der Waals surface area (Å²) in [5.74, 6) is -0.619. The average molecular weight is 403 g/mol. The van der Waals surface area contributed by atoms with E-state index in [9.17, 15) is 8.78 Å². The van der Waals surface area contributed by atoms with Crippen molar-refractivity contribution in [3.63, 3.8) is 0 Å². The van der Waals surface area contributed by atoms with Gasteiger partial charge >= 0.3 is 0 Å². The van der Waals surface area contributed by atoms with Gasteiger partial charge in [0.2, 0.25) is 0 Å². The molecule has 112 valence electrons. The highest BCUT2D eigenvalue weighted by Crippen LogP contribution is 2.25. The Morgan fingerprint density at radius 3 is 2.52 bits per heavy atom. The van der Waals surface area contributed by atoms with Crippen molar-refractivity contribution >= 4 is 28.4 Å². The third-order valence-corrected chi connectivity index (χ3v) is 4.06. The molecule has 1 aromatic heterocycles. The van der Waals surface area contributed by atoms with E-state index in [0.717, 1.165) is 46.6 Å². The number of hydrogen-bond donors (Lipinski definition) is 1. The van der Waals surface area contributed by atoms with E-state index in [0.29, 0.717) is 11.4 Å². The van der Waals surface area contributed by atoms with E-state index in [1.165, 1.54) is 6.07 Å². The number of aromatic nitrogens is 2. The minimum Gasteiger partial charge on any atom is -0.369 e. The number of benzene rings is 1. The summed E-state index contributed by atoms with van der Waals surface area (Å²) < 4.78 is 27.4. The number of nitrogens with zero attached hydrogens (tertiary/aromatic N) is 2. The Labute approximate surface area is 136 Å². The van der Waals surface area contributed by atoms with Gasteiger partial charge in [-0.1, -0.05) is 13.3 Å². The molecule has 3 nitrogen and oxygen atoms in total. The molecule has 0 bridgehead atoms. The molecule has 0 aliphatic heterocycles. The smallest absolute Gasteiger partial charge is 0.161 e. The van der Waals surface area contributed by atoms with E-state index in [2.05, 4.69) is 44.8 Å². The van der Waals surface area contributed by atoms with Crippen LogP contribution in [-0.4, -0.2) is 16.5 Å². The summed E-state index contributed by atoms with van der Waals surface area (Å²) in [7, 11) is 0. The summed E-state index contributed by atoms with van der Waals surface area (Å²) in [5.41, 5.74) is 1.39. The Balaban J connectivity index is 2.53. The van der Waals surface area contributed by atoms with E-state index in [4.69, 9.17) is 0 Å². The Kier molecular flexibility index (Phi) is 5.44. The molecule has 0 unspecified atom stereocenters. The molecular formula is C15H16F2IN3. The highest BCUT2D eigenvalue weighted by Gasteiger charge is 2.14. The maximum atomic E-state index is 13.4. The second-order valence-electron chi connectivity index (χ2n) is 4.57. The lowest BCUT2D eigenvalue weighted by Crippen LogP contribution is -2.08. The summed E-state index contributed by atoms with van der Waals surface area (Å²) in [6, 6.07) is 3.72. The predicted molar refractivity (Wildman–Crippen MR) is 88.3 cm³/mol. The van der Waals surface area contributed by atoms with Crippen LogP contribution in [0.5, 0.6) is 0 Å². The number of hydrogen-bond acceptors (Lipinski definition) is 3. The summed E-state index contributed by atoms with van der Waals surface area (Å²) in [6.07, 6.45) is 1.77. The third-order valence-electron chi connectivity index (χ3n) is 2.93. The predicted octanol–water partition coefficient (Wildman–Crippen LogP) is 4.41. The van der Waals surface area contributed by atoms with Crippen molar-refractivity contribution in [2.45, 2.75) is 26.7 Å². The maximum Gasteiger partial charge on any atom is 0.161 e. The van der Waals surface area contributed by atoms with Crippen molar-refractivity contribution in [2.75, 3.05) is 11.9 Å². The van der Waals surface area contributed by atoms with Gasteiger partial charge in [-0.15, -0.1) is 0 Å². The Bertz CT molecular complexity index is 620. The molecule has 1 heterocycles. The lowest BCUT2D eigenvalue weighted by Gasteiger charge is -2.12. The van der Waals surface area contributed by atoms with Crippen molar-refractivity contribution in [2.24, 2.45) is 0 Å². The standard InChI is InChI=1S/C15H16F2IN3/c1-3-5-12-13(18)15(19-4-2)21-14(20-12)9-6-7-10(16)11(17)8-9/h6-8H,3-5H2,1-2H3,(H,19,20,21). The maximum absolute atomic E-state index is 13.4. The van der Waals surface area contributed by atoms with Crippen LogP contribution in [0.4, 0.5) is 14.6 Å². The fourth-order valence-corrected chi connectivity index (χ4v) is 2.65. The zero-order valence-electron chi connectivity index (χ0n) is 11.9. The fraction of sp³-hybridized carbons (Fsp3) is 0.333. The summed E-state index contributed by atoms with van der Waals surface area (Å²) in [5, 5.41) is 3.18. The van der Waals surface area contributed by atoms with Crippen LogP contribution in [0, 0.1) is 15.2 Å². The summed E-state index contributed by atoms with van der Waals surface area (Å²) in [6.45, 7) is 4.78. The zero-order chi connectivity index (χ0) is 15.4. The molecule has 1 N–H and O–H groups in total. The van der Waals surface area contributed by atoms with Gasteiger partial charge in [0.25, 0.3) is 0 Å². The van der Waals surface area contributed by atoms with E-state index >= 15 is 0 Å². The van der Waals surface area contributed by atoms with Crippen LogP contribution in [0.3, 0.4) is 0 Å². The number of rotatable bonds is 5. The molecule has 0 amide bonds. The third kappa shape index (κ3) is 3.66. The topological polar surface area (TPSA) is 37.8 Å². The summed E-state index contributed by atoms with van der Waals surface area (Å²) in [4.78, 5) is 8.93. The highest BCUT2D eigenvalue weighted by molar-refractivity contribution is 14.1. The molecule has 0 radical (unpaired) electrons. The zero-order valence-corrected chi connectivity index (χ0v) is 14.0. The first-order valence-corrected chi connectivity index (χ1v) is 7.90. The first kappa shape index (κ1) is 16.1. The highest BCUT2D eigenvalue weighted by atomic mass is 127. The number of halogens is 3. The van der Waals surface area contributed by atoms with Crippen molar-refractivity contribution in [3.8, 4) is 11.4 Å². The SMILES string of the molecule is CCCc1nc(-c2ccc(F)c(F)c2)nc(NCC)c1I. The molecule has 0 aliphatic rings. The molecule has 0 fully saturated rings. The molecular weight excluding hydrogens is 387 g/mol. The first-order valence-electron chi connectivity index (χ1n) is 6.82. The normalized spacial score (nSPS) is 10.7. The largest absolute Gasteiger partial charge is 0.369 e. The number of nitrogens with one attached hydrogen (secondary N) is 1. The van der Waals surface area contributed by atoms with Crippen LogP contribution >= 0.6 is 22.6 Å². The minimum atomic E-state index is -0.892. The van der Waals surface area contributed by atoms with Crippen molar-refractivity contribution < 1.29 is 8.78 Å². The molecule has 0 atom stereocenters. The van der Waals surface area contributed by atoms with Gasteiger partial charge in [-0.2, -0.15) is 0 Å². The van der Waals surface area contributed by atoms with Crippen LogP contribution in [-0.2, 0) is 6.42 Å². The van der Waals surface area contributed by atoms with Crippen LogP contribution < -0.4 is 5.32 Å². The monoisotopic (exact) mass is 403 g/mol. The van der Waals surface area contributed by atoms with Crippen molar-refractivity contribution in [3.05, 3.63) is 39.1 Å². The van der Waals surface area contributed by atoms with Crippen LogP contribution in [0.25, 0.3) is 11.4 Å². The van der Waals surface area contributed by atoms with Crippen LogP contribution in [0.1, 0.15) is 26.0 Å². The molecule has 0 saturated carbocycles. The molecule has 1 aromatic carbocycles. The molecule has 2 aromatic rings. The lowest BCUT2D eigenvalue weighted by atomic mass is 10.2. The molecule has 21 heavy (non-hydrogen) atoms. The molecule has 0 saturated heterocycles. The van der Waals surface area contributed by atoms with Crippen LogP contribution in [0.15, 0.2) is 18.2 Å². The van der Waals surface area contributed by atoms with E-state index < -0.39 is 11.6 Å². The fourth-order valence-electron chi connectivity index (χ4n) is 1.94.